The van der Waals surface area contributed by atoms with Crippen LogP contribution in [-0.2, 0) is 20.7 Å². The molecule has 0 spiro atoms. The van der Waals surface area contributed by atoms with E-state index in [-0.39, 0.29) is 0 Å². The number of fused-ring (bicyclic) bond motifs is 1. The summed E-state index contributed by atoms with van der Waals surface area (Å²) in [4.78, 5) is 25.4. The van der Waals surface area contributed by atoms with Gasteiger partial charge in [0.2, 0.25) is 0 Å². The Balaban J connectivity index is 2.05. The molecule has 0 unspecified atom stereocenters. The fourth-order valence-electron chi connectivity index (χ4n) is 2.19. The van der Waals surface area contributed by atoms with Crippen molar-refractivity contribution in [3.05, 3.63) is 29.3 Å². The van der Waals surface area contributed by atoms with E-state index in [2.05, 4.69) is 0 Å². The number of methoxy groups -OCH3 is 1. The summed E-state index contributed by atoms with van der Waals surface area (Å²) in [6, 6.07) is 5.59. The number of carbonyl (C=O) groups excluding carboxylic acids is 2. The van der Waals surface area contributed by atoms with E-state index in [1.807, 2.05) is 19.1 Å². The minimum atomic E-state index is -0.469. The van der Waals surface area contributed by atoms with Crippen molar-refractivity contribution in [3.8, 4) is 0 Å². The van der Waals surface area contributed by atoms with Crippen LogP contribution in [0.4, 0.5) is 5.69 Å². The first kappa shape index (κ1) is 14.7. The smallest absolute Gasteiger partial charge is 0.299 e. The van der Waals surface area contributed by atoms with Crippen molar-refractivity contribution < 1.29 is 19.1 Å². The second-order valence-corrected chi connectivity index (χ2v) is 4.60. The van der Waals surface area contributed by atoms with Gasteiger partial charge in [-0.3, -0.25) is 9.59 Å². The lowest BCUT2D eigenvalue weighted by Gasteiger charge is -2.16. The second-order valence-electron chi connectivity index (χ2n) is 4.60. The Morgan fingerprint density at radius 3 is 2.65 bits per heavy atom. The van der Waals surface area contributed by atoms with Crippen molar-refractivity contribution in [2.45, 2.75) is 13.3 Å². The maximum absolute atomic E-state index is 12.0. The molecule has 1 aliphatic rings. The fraction of sp³-hybridized carbons (Fsp3) is 0.467. The van der Waals surface area contributed by atoms with Gasteiger partial charge in [-0.05, 0) is 24.1 Å². The van der Waals surface area contributed by atoms with Crippen LogP contribution >= 0.6 is 0 Å². The molecular weight excluding hydrogens is 258 g/mol. The van der Waals surface area contributed by atoms with Crippen LogP contribution in [0.2, 0.25) is 0 Å². The molecule has 5 nitrogen and oxygen atoms in total. The van der Waals surface area contributed by atoms with E-state index in [1.165, 1.54) is 4.90 Å². The molecule has 1 aromatic carbocycles. The van der Waals surface area contributed by atoms with Gasteiger partial charge in [0.15, 0.2) is 0 Å². The first-order valence-electron chi connectivity index (χ1n) is 6.74. The van der Waals surface area contributed by atoms with E-state index in [0.717, 1.165) is 12.0 Å². The average molecular weight is 277 g/mol. The average Bonchev–Trinajstić information content (AvgIpc) is 2.71. The number of anilines is 1. The molecule has 0 saturated heterocycles. The molecule has 1 aliphatic heterocycles. The highest BCUT2D eigenvalue weighted by atomic mass is 16.5. The first-order chi connectivity index (χ1) is 9.69. The number of aryl methyl sites for hydroxylation is 1. The molecule has 0 aliphatic carbocycles. The molecule has 2 rings (SSSR count). The lowest BCUT2D eigenvalue weighted by Crippen LogP contribution is -2.33. The Morgan fingerprint density at radius 2 is 1.95 bits per heavy atom. The first-order valence-corrected chi connectivity index (χ1v) is 6.74. The van der Waals surface area contributed by atoms with E-state index in [0.29, 0.717) is 37.6 Å². The van der Waals surface area contributed by atoms with E-state index >= 15 is 0 Å². The van der Waals surface area contributed by atoms with Crippen molar-refractivity contribution >= 4 is 17.4 Å². The predicted molar refractivity (Wildman–Crippen MR) is 75.2 cm³/mol. The van der Waals surface area contributed by atoms with Crippen LogP contribution in [0, 0.1) is 0 Å². The summed E-state index contributed by atoms with van der Waals surface area (Å²) in [5, 5.41) is 0. The summed E-state index contributed by atoms with van der Waals surface area (Å²) in [7, 11) is 1.60. The van der Waals surface area contributed by atoms with Crippen LogP contribution in [0.1, 0.15) is 22.8 Å². The minimum Gasteiger partial charge on any atom is -0.382 e. The molecule has 108 valence electrons. The molecule has 1 amide bonds. The summed E-state index contributed by atoms with van der Waals surface area (Å²) in [6.07, 6.45) is 0.842. The molecule has 0 aromatic heterocycles. The van der Waals surface area contributed by atoms with Crippen molar-refractivity contribution in [1.29, 1.82) is 0 Å². The van der Waals surface area contributed by atoms with Crippen LogP contribution < -0.4 is 4.90 Å². The van der Waals surface area contributed by atoms with Gasteiger partial charge in [0.1, 0.15) is 0 Å². The summed E-state index contributed by atoms with van der Waals surface area (Å²) >= 11 is 0. The normalized spacial score (nSPS) is 14.0. The molecule has 0 saturated carbocycles. The Labute approximate surface area is 118 Å². The fourth-order valence-corrected chi connectivity index (χ4v) is 2.19. The number of hydrogen-bond acceptors (Lipinski definition) is 4. The number of hydrogen-bond donors (Lipinski definition) is 0. The lowest BCUT2D eigenvalue weighted by atomic mass is 10.1. The highest BCUT2D eigenvalue weighted by Gasteiger charge is 2.35. The molecular formula is C15H19NO4. The largest absolute Gasteiger partial charge is 0.382 e. The number of rotatable bonds is 7. The van der Waals surface area contributed by atoms with Gasteiger partial charge in [-0.2, -0.15) is 0 Å². The second kappa shape index (κ2) is 6.63. The molecule has 0 radical (unpaired) electrons. The summed E-state index contributed by atoms with van der Waals surface area (Å²) in [5.41, 5.74) is 2.25. The maximum atomic E-state index is 12.0. The number of Topliss-reactive ketones (excluding diaryl/α,β-unsaturated/α-hetero) is 1. The van der Waals surface area contributed by atoms with Crippen LogP contribution in [0.5, 0.6) is 0 Å². The highest BCUT2D eigenvalue weighted by molar-refractivity contribution is 6.52. The van der Waals surface area contributed by atoms with Gasteiger partial charge in [0.05, 0.1) is 31.1 Å². The standard InChI is InChI=1S/C15H19NO4/c1-3-11-4-5-13-12(10-11)14(17)15(18)16(13)6-7-20-9-8-19-2/h4-5,10H,3,6-9H2,1-2H3. The zero-order valence-corrected chi connectivity index (χ0v) is 11.8. The lowest BCUT2D eigenvalue weighted by molar-refractivity contribution is -0.114. The maximum Gasteiger partial charge on any atom is 0.299 e. The van der Waals surface area contributed by atoms with Crippen molar-refractivity contribution in [1.82, 2.24) is 0 Å². The number of ketones is 1. The zero-order valence-electron chi connectivity index (χ0n) is 11.8. The van der Waals surface area contributed by atoms with Crippen LogP contribution in [0.3, 0.4) is 0 Å². The number of benzene rings is 1. The van der Waals surface area contributed by atoms with E-state index < -0.39 is 11.7 Å². The van der Waals surface area contributed by atoms with Gasteiger partial charge in [-0.15, -0.1) is 0 Å². The summed E-state index contributed by atoms with van der Waals surface area (Å²) in [5.74, 6) is -0.893. The Morgan fingerprint density at radius 1 is 1.15 bits per heavy atom. The van der Waals surface area contributed by atoms with Gasteiger partial charge in [-0.25, -0.2) is 0 Å². The third-order valence-corrected chi connectivity index (χ3v) is 3.34. The van der Waals surface area contributed by atoms with E-state index in [1.54, 1.807) is 13.2 Å². The summed E-state index contributed by atoms with van der Waals surface area (Å²) < 4.78 is 10.2. The molecule has 0 bridgehead atoms. The van der Waals surface area contributed by atoms with Crippen LogP contribution in [0.25, 0.3) is 0 Å². The SMILES string of the molecule is CCc1ccc2c(c1)C(=O)C(=O)N2CCOCCOC. The van der Waals surface area contributed by atoms with Gasteiger partial charge in [0.25, 0.3) is 11.7 Å². The molecule has 0 atom stereocenters. The van der Waals surface area contributed by atoms with Gasteiger partial charge < -0.3 is 14.4 Å². The topological polar surface area (TPSA) is 55.8 Å². The Kier molecular flexibility index (Phi) is 4.87. The van der Waals surface area contributed by atoms with Crippen molar-refractivity contribution in [2.24, 2.45) is 0 Å². The van der Waals surface area contributed by atoms with Gasteiger partial charge in [-0.1, -0.05) is 13.0 Å². The van der Waals surface area contributed by atoms with Gasteiger partial charge in [0, 0.05) is 13.7 Å². The van der Waals surface area contributed by atoms with Crippen molar-refractivity contribution in [2.75, 3.05) is 38.4 Å². The quantitative estimate of drug-likeness (QED) is 0.559. The third kappa shape index (κ3) is 2.89. The summed E-state index contributed by atoms with van der Waals surface area (Å²) in [6.45, 7) is 3.78. The predicted octanol–water partition coefficient (Wildman–Crippen LogP) is 1.44. The van der Waals surface area contributed by atoms with E-state index in [9.17, 15) is 9.59 Å². The molecule has 20 heavy (non-hydrogen) atoms. The van der Waals surface area contributed by atoms with Crippen molar-refractivity contribution in [3.63, 3.8) is 0 Å². The third-order valence-electron chi connectivity index (χ3n) is 3.34. The Bertz CT molecular complexity index is 513. The van der Waals surface area contributed by atoms with Crippen LogP contribution in [-0.4, -0.2) is 45.2 Å². The number of nitrogens with zero attached hydrogens (tertiary/aromatic N) is 1. The molecule has 0 fully saturated rings. The molecule has 1 aromatic rings. The van der Waals surface area contributed by atoms with Gasteiger partial charge >= 0.3 is 0 Å². The van der Waals surface area contributed by atoms with Crippen LogP contribution in [0.15, 0.2) is 18.2 Å². The Hall–Kier alpha value is -1.72. The zero-order chi connectivity index (χ0) is 14.5. The van der Waals surface area contributed by atoms with E-state index in [4.69, 9.17) is 9.47 Å². The molecule has 1 heterocycles. The molecule has 0 N–H and O–H groups in total. The highest BCUT2D eigenvalue weighted by Crippen LogP contribution is 2.29. The monoisotopic (exact) mass is 277 g/mol. The number of carbonyl (C=O) groups is 2. The number of ether oxygens (including phenoxy) is 2. The molecule has 5 heteroatoms. The number of amides is 1. The minimum absolute atomic E-state index is 0.382.